The molecular formula is C96H165N3O15. The van der Waals surface area contributed by atoms with Gasteiger partial charge in [-0.2, -0.15) is 0 Å². The lowest BCUT2D eigenvalue weighted by molar-refractivity contribution is -0.145. The van der Waals surface area contributed by atoms with E-state index < -0.39 is 18.5 Å². The topological polar surface area (TPSA) is 195 Å². The molecule has 0 aromatic heterocycles. The van der Waals surface area contributed by atoms with Crippen molar-refractivity contribution in [3.8, 4) is 35.5 Å². The summed E-state index contributed by atoms with van der Waals surface area (Å²) in [5, 5.41) is 0. The first kappa shape index (κ1) is 106. The van der Waals surface area contributed by atoms with Crippen LogP contribution in [0.25, 0.3) is 0 Å². The first-order valence-corrected chi connectivity index (χ1v) is 46.4. The Morgan fingerprint density at radius 2 is 0.509 bits per heavy atom. The predicted molar refractivity (Wildman–Crippen MR) is 465 cm³/mol. The van der Waals surface area contributed by atoms with Crippen LogP contribution in [0.1, 0.15) is 388 Å². The zero-order valence-electron chi connectivity index (χ0n) is 73.5. The molecule has 0 saturated carbocycles. The van der Waals surface area contributed by atoms with Gasteiger partial charge in [0.25, 0.3) is 0 Å². The molecule has 3 unspecified atom stereocenters. The van der Waals surface area contributed by atoms with Crippen molar-refractivity contribution in [2.24, 2.45) is 0 Å². The maximum absolute atomic E-state index is 13.1. The van der Waals surface area contributed by atoms with Gasteiger partial charge in [0.15, 0.2) is 19.8 Å². The molecular weight excluding hydrogens is 1440 g/mol. The van der Waals surface area contributed by atoms with Crippen LogP contribution < -0.4 is 0 Å². The number of unbranched alkanes of at least 4 members (excludes halogenated alkanes) is 36. The molecule has 0 N–H and O–H groups in total. The van der Waals surface area contributed by atoms with Crippen LogP contribution in [-0.2, 0) is 57.0 Å². The summed E-state index contributed by atoms with van der Waals surface area (Å²) in [6.45, 7) is 20.7. The number of carbonyl (C=O) groups excluding carboxylic acids is 6. The van der Waals surface area contributed by atoms with Crippen molar-refractivity contribution in [1.29, 1.82) is 0 Å². The second kappa shape index (κ2) is 83.5. The highest BCUT2D eigenvalue weighted by atomic mass is 16.7. The van der Waals surface area contributed by atoms with E-state index in [1.54, 1.807) is 0 Å². The number of esters is 3. The Morgan fingerprint density at radius 1 is 0.272 bits per heavy atom. The fourth-order valence-electron chi connectivity index (χ4n) is 13.4. The number of ether oxygens (including phenoxy) is 9. The summed E-state index contributed by atoms with van der Waals surface area (Å²) in [5.41, 5.74) is 0. The van der Waals surface area contributed by atoms with Crippen molar-refractivity contribution in [2.75, 3.05) is 98.5 Å². The van der Waals surface area contributed by atoms with E-state index in [4.69, 9.17) is 42.6 Å². The van der Waals surface area contributed by atoms with E-state index in [0.717, 1.165) is 328 Å². The number of nitrogens with zero attached hydrogens (tertiary/aromatic N) is 3. The average molecular weight is 1600 g/mol. The SMILES string of the molecule is CCCCCC#CCOC(=O)OC(C/C=C\CCCCCCCCOC(=O)CCN1CCN(CCC(=O)OCCCCCCCC/C=C\CC(CCCCCC)OC(=O)OCC#CCCCCC)CCN(CCC(=O)OCCCCCCCC/C=C\CC(CCCCCC)OC(=O)OCC#CCCCCC)CC1)CCCCCC. The van der Waals surface area contributed by atoms with Gasteiger partial charge in [-0.15, -0.1) is 0 Å². The van der Waals surface area contributed by atoms with Crippen LogP contribution in [0, 0.1) is 35.5 Å². The second-order valence-electron chi connectivity index (χ2n) is 31.1. The van der Waals surface area contributed by atoms with Crippen molar-refractivity contribution in [2.45, 2.75) is 407 Å². The molecule has 1 aliphatic rings. The van der Waals surface area contributed by atoms with Crippen LogP contribution in [0.2, 0.25) is 0 Å². The van der Waals surface area contributed by atoms with Gasteiger partial charge in [-0.1, -0.05) is 287 Å². The van der Waals surface area contributed by atoms with Crippen LogP contribution in [0.5, 0.6) is 0 Å². The molecule has 0 spiro atoms. The Bertz CT molecular complexity index is 2310. The lowest BCUT2D eigenvalue weighted by Gasteiger charge is -2.25. The number of carbonyl (C=O) groups is 6. The lowest BCUT2D eigenvalue weighted by atomic mass is 10.1. The quantitative estimate of drug-likeness (QED) is 0.0183. The normalized spacial score (nSPS) is 13.6. The highest BCUT2D eigenvalue weighted by Gasteiger charge is 2.22. The van der Waals surface area contributed by atoms with Gasteiger partial charge in [0.2, 0.25) is 0 Å². The van der Waals surface area contributed by atoms with Crippen LogP contribution >= 0.6 is 0 Å². The number of rotatable bonds is 72. The van der Waals surface area contributed by atoms with E-state index in [0.29, 0.717) is 78.0 Å². The fourth-order valence-corrected chi connectivity index (χ4v) is 13.4. The molecule has 1 saturated heterocycles. The van der Waals surface area contributed by atoms with E-state index in [1.807, 2.05) is 0 Å². The molecule has 18 nitrogen and oxygen atoms in total. The van der Waals surface area contributed by atoms with Crippen molar-refractivity contribution in [1.82, 2.24) is 14.7 Å². The van der Waals surface area contributed by atoms with E-state index in [9.17, 15) is 28.8 Å². The third-order valence-electron chi connectivity index (χ3n) is 20.7. The average Bonchev–Trinajstić information content (AvgIpc) is 1.77. The largest absolute Gasteiger partial charge is 0.509 e. The van der Waals surface area contributed by atoms with Gasteiger partial charge in [-0.05, 0) is 116 Å². The summed E-state index contributed by atoms with van der Waals surface area (Å²) in [4.78, 5) is 83.7. The molecule has 0 aromatic carbocycles. The van der Waals surface area contributed by atoms with Crippen LogP contribution in [-0.4, -0.2) is 168 Å². The number of hydrogen-bond acceptors (Lipinski definition) is 18. The molecule has 1 heterocycles. The van der Waals surface area contributed by atoms with Crippen molar-refractivity contribution in [3.05, 3.63) is 36.5 Å². The van der Waals surface area contributed by atoms with Gasteiger partial charge >= 0.3 is 36.4 Å². The summed E-state index contributed by atoms with van der Waals surface area (Å²) in [5.74, 6) is 17.5. The van der Waals surface area contributed by atoms with E-state index in [1.165, 1.54) is 19.3 Å². The predicted octanol–water partition coefficient (Wildman–Crippen LogP) is 24.0. The fraction of sp³-hybridized carbons (Fsp3) is 0.812. The van der Waals surface area contributed by atoms with Crippen LogP contribution in [0.4, 0.5) is 14.4 Å². The van der Waals surface area contributed by atoms with Gasteiger partial charge in [0.1, 0.15) is 18.3 Å². The minimum Gasteiger partial charge on any atom is -0.466 e. The number of allylic oxidation sites excluding steroid dienone is 3. The van der Waals surface area contributed by atoms with Crippen LogP contribution in [0.3, 0.4) is 0 Å². The summed E-state index contributed by atoms with van der Waals surface area (Å²) in [6.07, 6.45) is 64.0. The Morgan fingerprint density at radius 3 is 0.772 bits per heavy atom. The summed E-state index contributed by atoms with van der Waals surface area (Å²) in [6, 6.07) is 0. The first-order valence-electron chi connectivity index (χ1n) is 46.4. The lowest BCUT2D eigenvalue weighted by Crippen LogP contribution is -2.38. The molecule has 3 atom stereocenters. The third kappa shape index (κ3) is 73.6. The zero-order chi connectivity index (χ0) is 82.6. The molecule has 654 valence electrons. The van der Waals surface area contributed by atoms with Gasteiger partial charge < -0.3 is 57.3 Å². The minimum absolute atomic E-state index is 0.0685. The molecule has 0 bridgehead atoms. The van der Waals surface area contributed by atoms with E-state index >= 15 is 0 Å². The smallest absolute Gasteiger partial charge is 0.466 e. The molecule has 1 aliphatic heterocycles. The van der Waals surface area contributed by atoms with Gasteiger partial charge in [0.05, 0.1) is 39.1 Å². The Labute approximate surface area is 696 Å². The number of hydrogen-bond donors (Lipinski definition) is 0. The van der Waals surface area contributed by atoms with Crippen LogP contribution in [0.15, 0.2) is 36.5 Å². The molecule has 1 rings (SSSR count). The summed E-state index contributed by atoms with van der Waals surface area (Å²) >= 11 is 0. The maximum atomic E-state index is 13.1. The van der Waals surface area contributed by atoms with Gasteiger partial charge in [-0.25, -0.2) is 14.4 Å². The van der Waals surface area contributed by atoms with E-state index in [-0.39, 0.29) is 56.0 Å². The molecule has 1 fully saturated rings. The second-order valence-corrected chi connectivity index (χ2v) is 31.1. The standard InChI is InChI=1S/C96H165N3O15/c1-7-13-19-25-46-61-85-109-94(103)112-88(64-52-22-16-10-4)67-55-43-37-31-28-34-40-49-58-82-106-91(100)70-73-97-76-78-98(74-71-92(101)107-83-59-50-41-35-29-32-38-44-56-68-89(65-53-23-17-11-5)113-95(104)110-86-62-47-26-20-14-8-2)80-81-99(79-77-97)75-72-93(102)108-84-60-51-42-36-30-33-39-45-57-69-90(66-54-24-18-12-6)114-96(105)111-87-63-48-27-21-15-9-3/h43-45,55-57,88-90H,7-42,49-54,58-60,64-87H2,1-6H3/b55-43-,56-44-,57-45-. The molecule has 114 heavy (non-hydrogen) atoms. The summed E-state index contributed by atoms with van der Waals surface area (Å²) in [7, 11) is 0. The van der Waals surface area contributed by atoms with Gasteiger partial charge in [0, 0.05) is 97.4 Å². The van der Waals surface area contributed by atoms with E-state index in [2.05, 4.69) is 128 Å². The Kier molecular flexibility index (Phi) is 77.6. The van der Waals surface area contributed by atoms with Crippen molar-refractivity contribution < 1.29 is 71.4 Å². The monoisotopic (exact) mass is 1600 g/mol. The Hall–Kier alpha value is -6.00. The Balaban J connectivity index is 2.66. The molecule has 0 aliphatic carbocycles. The molecule has 0 aromatic rings. The minimum atomic E-state index is -0.633. The van der Waals surface area contributed by atoms with Gasteiger partial charge in [-0.3, -0.25) is 14.4 Å². The third-order valence-corrected chi connectivity index (χ3v) is 20.7. The molecule has 18 heteroatoms. The molecule has 0 radical (unpaired) electrons. The first-order chi connectivity index (χ1) is 56.0. The highest BCUT2D eigenvalue weighted by molar-refractivity contribution is 5.70. The summed E-state index contributed by atoms with van der Waals surface area (Å²) < 4.78 is 50.1. The van der Waals surface area contributed by atoms with Crippen molar-refractivity contribution in [3.63, 3.8) is 0 Å². The zero-order valence-corrected chi connectivity index (χ0v) is 73.5. The maximum Gasteiger partial charge on any atom is 0.509 e. The molecule has 0 amide bonds. The van der Waals surface area contributed by atoms with Crippen molar-refractivity contribution >= 4 is 36.4 Å². The highest BCUT2D eigenvalue weighted by Crippen LogP contribution is 2.20.